The number of sulfonamides is 1. The van der Waals surface area contributed by atoms with Crippen LogP contribution in [0.1, 0.15) is 13.8 Å². The Bertz CT molecular complexity index is 928. The predicted octanol–water partition coefficient (Wildman–Crippen LogP) is 0.618. The average Bonchev–Trinajstić information content (AvgIpc) is 3.16. The fourth-order valence-electron chi connectivity index (χ4n) is 5.41. The van der Waals surface area contributed by atoms with Crippen LogP contribution in [0.3, 0.4) is 0 Å². The molecule has 10 heteroatoms. The number of fused-ring (bicyclic) bond motifs is 1. The Morgan fingerprint density at radius 3 is 1.91 bits per heavy atom. The van der Waals surface area contributed by atoms with Crippen LogP contribution in [-0.4, -0.2) is 101 Å². The van der Waals surface area contributed by atoms with E-state index in [1.807, 2.05) is 4.90 Å². The molecule has 178 valence electrons. The number of urea groups is 1. The first kappa shape index (κ1) is 23.1. The molecular weight excluding hydrogens is 430 g/mol. The predicted molar refractivity (Wildman–Crippen MR) is 126 cm³/mol. The van der Waals surface area contributed by atoms with E-state index < -0.39 is 10.0 Å². The van der Waals surface area contributed by atoms with Crippen molar-refractivity contribution in [1.29, 1.82) is 0 Å². The van der Waals surface area contributed by atoms with E-state index in [0.29, 0.717) is 39.3 Å². The summed E-state index contributed by atoms with van der Waals surface area (Å²) >= 11 is 0. The van der Waals surface area contributed by atoms with Gasteiger partial charge in [-0.3, -0.25) is 0 Å². The zero-order valence-electron chi connectivity index (χ0n) is 19.2. The Hall–Kier alpha value is -2.04. The number of nitrogens with one attached hydrogen (secondary N) is 1. The lowest BCUT2D eigenvalue weighted by molar-refractivity contribution is 0.197. The molecule has 1 aromatic rings. The van der Waals surface area contributed by atoms with Crippen LogP contribution in [-0.2, 0) is 10.0 Å². The molecule has 0 bridgehead atoms. The molecule has 9 nitrogen and oxygen atoms in total. The van der Waals surface area contributed by atoms with Crippen LogP contribution in [0.15, 0.2) is 24.3 Å². The standard InChI is InChI=1S/C22H35N5O4S/c1-21-14-25(15-22(21,2)17-26(16-21)20(29)23-8-13-28)19-6-4-18(5-7-19)24-9-11-27(12-10-24)32(3,30)31/h4-7,28H,8-17H2,1-3H3,(H,23,29). The molecule has 3 heterocycles. The molecule has 3 fully saturated rings. The van der Waals surface area contributed by atoms with Crippen LogP contribution in [0.25, 0.3) is 0 Å². The van der Waals surface area contributed by atoms with Gasteiger partial charge in [-0.15, -0.1) is 0 Å². The SMILES string of the molecule is CC12CN(C(=O)NCCO)CC1(C)CN(c1ccc(N3CCN(S(C)(=O)=O)CC3)cc1)C2. The van der Waals surface area contributed by atoms with Gasteiger partial charge in [0.25, 0.3) is 0 Å². The van der Waals surface area contributed by atoms with Crippen molar-refractivity contribution in [2.24, 2.45) is 10.8 Å². The van der Waals surface area contributed by atoms with Gasteiger partial charge >= 0.3 is 6.03 Å². The summed E-state index contributed by atoms with van der Waals surface area (Å²) in [4.78, 5) is 18.9. The third kappa shape index (κ3) is 4.27. The van der Waals surface area contributed by atoms with Crippen molar-refractivity contribution in [3.8, 4) is 0 Å². The maximum Gasteiger partial charge on any atom is 0.317 e. The van der Waals surface area contributed by atoms with Crippen LogP contribution >= 0.6 is 0 Å². The minimum atomic E-state index is -3.12. The zero-order chi connectivity index (χ0) is 23.1. The van der Waals surface area contributed by atoms with Gasteiger partial charge in [0.15, 0.2) is 0 Å². The van der Waals surface area contributed by atoms with E-state index in [1.54, 1.807) is 0 Å². The van der Waals surface area contributed by atoms with Gasteiger partial charge < -0.3 is 25.1 Å². The molecule has 1 aromatic carbocycles. The summed E-state index contributed by atoms with van der Waals surface area (Å²) in [5.74, 6) is 0. The van der Waals surface area contributed by atoms with Gasteiger partial charge in [-0.1, -0.05) is 13.8 Å². The molecule has 3 aliphatic heterocycles. The zero-order valence-corrected chi connectivity index (χ0v) is 20.1. The number of carbonyl (C=O) groups is 1. The van der Waals surface area contributed by atoms with E-state index in [0.717, 1.165) is 18.8 Å². The van der Waals surface area contributed by atoms with Crippen molar-refractivity contribution >= 4 is 27.4 Å². The number of nitrogens with zero attached hydrogens (tertiary/aromatic N) is 4. The molecule has 2 amide bonds. The van der Waals surface area contributed by atoms with Gasteiger partial charge in [0.05, 0.1) is 12.9 Å². The lowest BCUT2D eigenvalue weighted by Gasteiger charge is -2.35. The summed E-state index contributed by atoms with van der Waals surface area (Å²) in [6.45, 7) is 10.4. The number of piperazine rings is 1. The van der Waals surface area contributed by atoms with Crippen molar-refractivity contribution in [3.05, 3.63) is 24.3 Å². The number of amides is 2. The van der Waals surface area contributed by atoms with Gasteiger partial charge in [-0.2, -0.15) is 4.31 Å². The number of aliphatic hydroxyl groups is 1. The lowest BCUT2D eigenvalue weighted by Crippen LogP contribution is -2.48. The molecular formula is C22H35N5O4S. The maximum absolute atomic E-state index is 12.4. The normalized spacial score (nSPS) is 28.8. The Kier molecular flexibility index (Phi) is 6.06. The van der Waals surface area contributed by atoms with Crippen molar-refractivity contribution in [3.63, 3.8) is 0 Å². The summed E-state index contributed by atoms with van der Waals surface area (Å²) in [5, 5.41) is 11.7. The third-order valence-corrected chi connectivity index (χ3v) is 8.88. The number of aliphatic hydroxyl groups excluding tert-OH is 1. The van der Waals surface area contributed by atoms with Crippen molar-refractivity contribution in [1.82, 2.24) is 14.5 Å². The molecule has 2 unspecified atom stereocenters. The number of hydrogen-bond acceptors (Lipinski definition) is 6. The molecule has 4 rings (SSSR count). The fraction of sp³-hybridized carbons (Fsp3) is 0.682. The summed E-state index contributed by atoms with van der Waals surface area (Å²) in [6, 6.07) is 8.45. The first-order valence-electron chi connectivity index (χ1n) is 11.2. The minimum Gasteiger partial charge on any atom is -0.395 e. The second-order valence-corrected chi connectivity index (χ2v) is 11.9. The van der Waals surface area contributed by atoms with E-state index in [2.05, 4.69) is 53.2 Å². The lowest BCUT2D eigenvalue weighted by atomic mass is 9.71. The van der Waals surface area contributed by atoms with E-state index >= 15 is 0 Å². The first-order chi connectivity index (χ1) is 15.0. The van der Waals surface area contributed by atoms with E-state index in [9.17, 15) is 13.2 Å². The van der Waals surface area contributed by atoms with Crippen molar-refractivity contribution in [2.45, 2.75) is 13.8 Å². The highest BCUT2D eigenvalue weighted by Gasteiger charge is 2.58. The van der Waals surface area contributed by atoms with Gasteiger partial charge in [0, 0.05) is 81.1 Å². The summed E-state index contributed by atoms with van der Waals surface area (Å²) in [5.41, 5.74) is 2.30. The van der Waals surface area contributed by atoms with Gasteiger partial charge in [0.2, 0.25) is 10.0 Å². The molecule has 0 spiro atoms. The van der Waals surface area contributed by atoms with Gasteiger partial charge in [-0.25, -0.2) is 13.2 Å². The number of carbonyl (C=O) groups excluding carboxylic acids is 1. The summed E-state index contributed by atoms with van der Waals surface area (Å²) < 4.78 is 25.0. The first-order valence-corrected chi connectivity index (χ1v) is 13.1. The molecule has 2 atom stereocenters. The number of benzene rings is 1. The molecule has 0 saturated carbocycles. The average molecular weight is 466 g/mol. The second-order valence-electron chi connectivity index (χ2n) is 9.95. The monoisotopic (exact) mass is 465 g/mol. The van der Waals surface area contributed by atoms with E-state index in [-0.39, 0.29) is 30.0 Å². The number of rotatable bonds is 5. The maximum atomic E-state index is 12.4. The highest BCUT2D eigenvalue weighted by Crippen LogP contribution is 2.52. The van der Waals surface area contributed by atoms with Crippen molar-refractivity contribution in [2.75, 3.05) is 81.6 Å². The van der Waals surface area contributed by atoms with E-state index in [4.69, 9.17) is 5.11 Å². The minimum absolute atomic E-state index is 0.00417. The smallest absolute Gasteiger partial charge is 0.317 e. The van der Waals surface area contributed by atoms with Crippen molar-refractivity contribution < 1.29 is 18.3 Å². The Labute approximate surface area is 191 Å². The molecule has 0 aromatic heterocycles. The largest absolute Gasteiger partial charge is 0.395 e. The summed E-state index contributed by atoms with van der Waals surface area (Å²) in [7, 11) is -3.12. The van der Waals surface area contributed by atoms with Crippen LogP contribution in [0, 0.1) is 10.8 Å². The van der Waals surface area contributed by atoms with Crippen LogP contribution in [0.4, 0.5) is 16.2 Å². The topological polar surface area (TPSA) is 96.4 Å². The second kappa shape index (κ2) is 8.39. The van der Waals surface area contributed by atoms with Crippen LogP contribution in [0.5, 0.6) is 0 Å². The Morgan fingerprint density at radius 1 is 0.938 bits per heavy atom. The highest BCUT2D eigenvalue weighted by molar-refractivity contribution is 7.88. The number of hydrogen-bond donors (Lipinski definition) is 2. The fourth-order valence-corrected chi connectivity index (χ4v) is 6.24. The number of anilines is 2. The molecule has 2 N–H and O–H groups in total. The van der Waals surface area contributed by atoms with Crippen LogP contribution in [0.2, 0.25) is 0 Å². The third-order valence-electron chi connectivity index (χ3n) is 7.58. The van der Waals surface area contributed by atoms with Crippen LogP contribution < -0.4 is 15.1 Å². The van der Waals surface area contributed by atoms with E-state index in [1.165, 1.54) is 16.2 Å². The highest BCUT2D eigenvalue weighted by atomic mass is 32.2. The quantitative estimate of drug-likeness (QED) is 0.662. The summed E-state index contributed by atoms with van der Waals surface area (Å²) in [6.07, 6.45) is 1.27. The number of likely N-dealkylation sites (tertiary alicyclic amines) is 1. The molecule has 3 aliphatic rings. The van der Waals surface area contributed by atoms with Gasteiger partial charge in [-0.05, 0) is 24.3 Å². The molecule has 3 saturated heterocycles. The Balaban J connectivity index is 1.38. The molecule has 0 radical (unpaired) electrons. The van der Waals surface area contributed by atoms with Gasteiger partial charge in [0.1, 0.15) is 0 Å². The Morgan fingerprint density at radius 2 is 1.44 bits per heavy atom. The molecule has 32 heavy (non-hydrogen) atoms. The molecule has 0 aliphatic carbocycles.